The first-order valence-electron chi connectivity index (χ1n) is 5.02. The van der Waals surface area contributed by atoms with E-state index >= 15 is 0 Å². The third-order valence-electron chi connectivity index (χ3n) is 2.23. The Balaban J connectivity index is 2.17. The van der Waals surface area contributed by atoms with E-state index in [-0.39, 0.29) is 5.69 Å². The van der Waals surface area contributed by atoms with Crippen LogP contribution in [0.4, 0.5) is 11.4 Å². The molecule has 1 aromatic carbocycles. The molecule has 2 aromatic rings. The van der Waals surface area contributed by atoms with Gasteiger partial charge in [0, 0.05) is 23.5 Å². The van der Waals surface area contributed by atoms with Crippen LogP contribution < -0.4 is 15.8 Å². The van der Waals surface area contributed by atoms with Crippen LogP contribution in [0.5, 0.6) is 0 Å². The highest BCUT2D eigenvalue weighted by atomic mass is 16.5. The lowest BCUT2D eigenvalue weighted by molar-refractivity contribution is -0.607. The molecule has 1 heterocycles. The number of amides is 1. The molecule has 0 radical (unpaired) electrons. The predicted octanol–water partition coefficient (Wildman–Crippen LogP) is 1.15. The highest BCUT2D eigenvalue weighted by molar-refractivity contribution is 6.01. The smallest absolute Gasteiger partial charge is 0.321 e. The first kappa shape index (κ1) is 10.9. The van der Waals surface area contributed by atoms with Crippen LogP contribution in [0.1, 0.15) is 10.5 Å². The molecule has 17 heavy (non-hydrogen) atoms. The number of aromatic nitrogens is 1. The van der Waals surface area contributed by atoms with Gasteiger partial charge < -0.3 is 16.3 Å². The molecule has 0 saturated heterocycles. The summed E-state index contributed by atoms with van der Waals surface area (Å²) in [6.07, 6.45) is 1.28. The molecule has 0 aliphatic carbocycles. The average molecular weight is 229 g/mol. The van der Waals surface area contributed by atoms with Crippen molar-refractivity contribution in [3.05, 3.63) is 59.6 Å². The van der Waals surface area contributed by atoms with E-state index in [0.29, 0.717) is 16.1 Å². The third kappa shape index (κ3) is 2.52. The number of carbonyl (C=O) groups is 1. The monoisotopic (exact) mass is 229 g/mol. The number of hydrogen-bond donors (Lipinski definition) is 2. The summed E-state index contributed by atoms with van der Waals surface area (Å²) in [7, 11) is 0. The number of nitrogens with two attached hydrogens (primary N) is 1. The van der Waals surface area contributed by atoms with Crippen molar-refractivity contribution in [3.8, 4) is 0 Å². The van der Waals surface area contributed by atoms with Gasteiger partial charge in [0.25, 0.3) is 5.69 Å². The van der Waals surface area contributed by atoms with Crippen LogP contribution in [0, 0.1) is 5.21 Å². The van der Waals surface area contributed by atoms with Crippen molar-refractivity contribution in [1.82, 2.24) is 0 Å². The minimum atomic E-state index is -0.453. The Morgan fingerprint density at radius 1 is 1.18 bits per heavy atom. The molecule has 5 heteroatoms. The van der Waals surface area contributed by atoms with E-state index in [1.807, 2.05) is 0 Å². The molecule has 0 saturated carbocycles. The van der Waals surface area contributed by atoms with Crippen molar-refractivity contribution in [1.29, 1.82) is 0 Å². The van der Waals surface area contributed by atoms with Crippen molar-refractivity contribution < 1.29 is 9.52 Å². The van der Waals surface area contributed by atoms with E-state index in [0.717, 1.165) is 0 Å². The first-order chi connectivity index (χ1) is 8.16. The van der Waals surface area contributed by atoms with Crippen molar-refractivity contribution >= 4 is 17.3 Å². The summed E-state index contributed by atoms with van der Waals surface area (Å²) in [6.45, 7) is 0. The van der Waals surface area contributed by atoms with Crippen molar-refractivity contribution in [3.63, 3.8) is 0 Å². The summed E-state index contributed by atoms with van der Waals surface area (Å²) in [5.74, 6) is -0.453. The molecule has 3 N–H and O–H groups in total. The molecule has 0 bridgehead atoms. The molecule has 0 aliphatic rings. The van der Waals surface area contributed by atoms with E-state index < -0.39 is 5.91 Å². The Morgan fingerprint density at radius 2 is 1.88 bits per heavy atom. The standard InChI is InChI=1S/C12H11N3O2/c13-9-4-6-10(7-5-9)14-12(16)11-3-1-2-8-15(11)17/h1-8H,13H2,(H,14,16). The van der Waals surface area contributed by atoms with Gasteiger partial charge >= 0.3 is 5.91 Å². The maximum Gasteiger partial charge on any atom is 0.321 e. The fourth-order valence-corrected chi connectivity index (χ4v) is 1.37. The van der Waals surface area contributed by atoms with Gasteiger partial charge in [-0.1, -0.05) is 0 Å². The van der Waals surface area contributed by atoms with Crippen LogP contribution in [-0.4, -0.2) is 5.91 Å². The maximum absolute atomic E-state index is 11.8. The molecule has 1 aromatic heterocycles. The molecule has 0 spiro atoms. The minimum Gasteiger partial charge on any atom is -0.618 e. The second kappa shape index (κ2) is 4.52. The summed E-state index contributed by atoms with van der Waals surface area (Å²) in [6, 6.07) is 11.3. The topological polar surface area (TPSA) is 82.1 Å². The van der Waals surface area contributed by atoms with Crippen molar-refractivity contribution in [2.45, 2.75) is 0 Å². The number of carbonyl (C=O) groups excluding carboxylic acids is 1. The summed E-state index contributed by atoms with van der Waals surface area (Å²) >= 11 is 0. The Kier molecular flexibility index (Phi) is 2.91. The molecule has 5 nitrogen and oxygen atoms in total. The second-order valence-corrected chi connectivity index (χ2v) is 3.49. The zero-order chi connectivity index (χ0) is 12.3. The Bertz CT molecular complexity index is 538. The summed E-state index contributed by atoms with van der Waals surface area (Å²) in [5.41, 5.74) is 6.77. The summed E-state index contributed by atoms with van der Waals surface area (Å²) in [5, 5.41) is 14.0. The lowest BCUT2D eigenvalue weighted by atomic mass is 10.2. The SMILES string of the molecule is Nc1ccc(NC(=O)c2cccc[n+]2[O-])cc1. The van der Waals surface area contributed by atoms with Gasteiger partial charge in [0.15, 0.2) is 6.20 Å². The average Bonchev–Trinajstić information content (AvgIpc) is 2.32. The van der Waals surface area contributed by atoms with E-state index in [1.165, 1.54) is 12.3 Å². The molecule has 86 valence electrons. The fourth-order valence-electron chi connectivity index (χ4n) is 1.37. The molecule has 0 fully saturated rings. The van der Waals surface area contributed by atoms with Crippen LogP contribution in [0.2, 0.25) is 0 Å². The van der Waals surface area contributed by atoms with Gasteiger partial charge in [-0.15, -0.1) is 0 Å². The quantitative estimate of drug-likeness (QED) is 0.460. The van der Waals surface area contributed by atoms with Gasteiger partial charge in [-0.25, -0.2) is 0 Å². The molecule has 2 rings (SSSR count). The summed E-state index contributed by atoms with van der Waals surface area (Å²) in [4.78, 5) is 11.8. The van der Waals surface area contributed by atoms with Crippen LogP contribution >= 0.6 is 0 Å². The minimum absolute atomic E-state index is 0.0457. The van der Waals surface area contributed by atoms with Crippen molar-refractivity contribution in [2.24, 2.45) is 0 Å². The number of pyridine rings is 1. The number of nitrogen functional groups attached to an aromatic ring is 1. The predicted molar refractivity (Wildman–Crippen MR) is 64.2 cm³/mol. The van der Waals surface area contributed by atoms with Gasteiger partial charge in [0.1, 0.15) is 0 Å². The summed E-state index contributed by atoms with van der Waals surface area (Å²) < 4.78 is 0.520. The molecule has 0 unspecified atom stereocenters. The van der Waals surface area contributed by atoms with E-state index in [1.54, 1.807) is 36.4 Å². The van der Waals surface area contributed by atoms with Gasteiger partial charge in [-0.2, -0.15) is 4.73 Å². The van der Waals surface area contributed by atoms with Crippen LogP contribution in [0.25, 0.3) is 0 Å². The van der Waals surface area contributed by atoms with E-state index in [2.05, 4.69) is 5.32 Å². The second-order valence-electron chi connectivity index (χ2n) is 3.49. The molecule has 1 amide bonds. The zero-order valence-electron chi connectivity index (χ0n) is 8.96. The first-order valence-corrected chi connectivity index (χ1v) is 5.02. The number of benzene rings is 1. The van der Waals surface area contributed by atoms with Crippen LogP contribution in [0.3, 0.4) is 0 Å². The Morgan fingerprint density at radius 3 is 2.53 bits per heavy atom. The highest BCUT2D eigenvalue weighted by Crippen LogP contribution is 2.11. The fraction of sp³-hybridized carbons (Fsp3) is 0. The van der Waals surface area contributed by atoms with Gasteiger partial charge in [-0.3, -0.25) is 4.79 Å². The molecule has 0 atom stereocenters. The Hall–Kier alpha value is -2.56. The number of rotatable bonds is 2. The zero-order valence-corrected chi connectivity index (χ0v) is 8.96. The lowest BCUT2D eigenvalue weighted by Gasteiger charge is -2.05. The molecular formula is C12H11N3O2. The van der Waals surface area contributed by atoms with Crippen LogP contribution in [0.15, 0.2) is 48.7 Å². The van der Waals surface area contributed by atoms with Gasteiger partial charge in [0.05, 0.1) is 0 Å². The largest absolute Gasteiger partial charge is 0.618 e. The molecular weight excluding hydrogens is 218 g/mol. The van der Waals surface area contributed by atoms with Gasteiger partial charge in [0.2, 0.25) is 0 Å². The van der Waals surface area contributed by atoms with Crippen molar-refractivity contribution in [2.75, 3.05) is 11.1 Å². The van der Waals surface area contributed by atoms with Gasteiger partial charge in [-0.05, 0) is 30.3 Å². The number of anilines is 2. The van der Waals surface area contributed by atoms with E-state index in [4.69, 9.17) is 5.73 Å². The normalized spacial score (nSPS) is 9.88. The lowest BCUT2D eigenvalue weighted by Crippen LogP contribution is -2.36. The number of nitrogens with one attached hydrogen (secondary N) is 1. The highest BCUT2D eigenvalue weighted by Gasteiger charge is 2.14. The Labute approximate surface area is 98.1 Å². The maximum atomic E-state index is 11.8. The van der Waals surface area contributed by atoms with Crippen LogP contribution in [-0.2, 0) is 0 Å². The molecule has 0 aliphatic heterocycles. The number of nitrogens with zero attached hydrogens (tertiary/aromatic N) is 1. The number of hydrogen-bond acceptors (Lipinski definition) is 3. The third-order valence-corrected chi connectivity index (χ3v) is 2.23. The van der Waals surface area contributed by atoms with E-state index in [9.17, 15) is 10.0 Å².